The van der Waals surface area contributed by atoms with Gasteiger partial charge in [-0.05, 0) is 38.0 Å². The monoisotopic (exact) mass is 214 g/mol. The summed E-state index contributed by atoms with van der Waals surface area (Å²) in [5.74, 6) is 1.47. The predicted octanol–water partition coefficient (Wildman–Crippen LogP) is 2.62. The Kier molecular flexibility index (Phi) is 2.79. The Bertz CT molecular complexity index is 187. The Morgan fingerprint density at radius 1 is 1.00 bits per heavy atom. The van der Waals surface area contributed by atoms with Gasteiger partial charge in [0, 0.05) is 20.0 Å². The Hall–Kier alpha value is 0.350. The van der Waals surface area contributed by atoms with Crippen molar-refractivity contribution >= 4 is 8.15 Å². The highest BCUT2D eigenvalue weighted by Crippen LogP contribution is 2.50. The summed E-state index contributed by atoms with van der Waals surface area (Å²) in [5.41, 5.74) is 0. The SMILES string of the molecule is C1CCP(OC2C3CCC2COC3)C1. The molecular formula is C11H19O2P. The van der Waals surface area contributed by atoms with Gasteiger partial charge in [-0.2, -0.15) is 0 Å². The van der Waals surface area contributed by atoms with Gasteiger partial charge in [-0.25, -0.2) is 0 Å². The molecule has 1 aliphatic carbocycles. The van der Waals surface area contributed by atoms with Crippen LogP contribution in [-0.4, -0.2) is 31.6 Å². The molecule has 0 amide bonds. The third-order valence-corrected chi connectivity index (χ3v) is 6.01. The molecule has 3 fully saturated rings. The minimum absolute atomic E-state index is 0.0368. The smallest absolute Gasteiger partial charge is 0.0718 e. The van der Waals surface area contributed by atoms with E-state index >= 15 is 0 Å². The summed E-state index contributed by atoms with van der Waals surface area (Å²) in [6.45, 7) is 1.93. The third-order valence-electron chi connectivity index (χ3n) is 3.84. The highest BCUT2D eigenvalue weighted by atomic mass is 31.1. The fourth-order valence-corrected chi connectivity index (χ4v) is 5.28. The second-order valence-electron chi connectivity index (χ2n) is 4.84. The van der Waals surface area contributed by atoms with Crippen molar-refractivity contribution in [2.75, 3.05) is 25.5 Å². The van der Waals surface area contributed by atoms with E-state index in [1.165, 1.54) is 38.0 Å². The van der Waals surface area contributed by atoms with E-state index in [2.05, 4.69) is 0 Å². The van der Waals surface area contributed by atoms with E-state index in [1.54, 1.807) is 0 Å². The maximum atomic E-state index is 6.32. The predicted molar refractivity (Wildman–Crippen MR) is 57.8 cm³/mol. The lowest BCUT2D eigenvalue weighted by Gasteiger charge is -2.32. The molecular weight excluding hydrogens is 195 g/mol. The quantitative estimate of drug-likeness (QED) is 0.658. The van der Waals surface area contributed by atoms with E-state index in [4.69, 9.17) is 9.26 Å². The molecule has 2 atom stereocenters. The molecule has 0 aromatic carbocycles. The first-order valence-electron chi connectivity index (χ1n) is 5.93. The average molecular weight is 214 g/mol. The lowest BCUT2D eigenvalue weighted by molar-refractivity contribution is -0.0289. The summed E-state index contributed by atoms with van der Waals surface area (Å²) in [5, 5.41) is 0. The van der Waals surface area contributed by atoms with Crippen LogP contribution in [0.1, 0.15) is 25.7 Å². The first-order chi connectivity index (χ1) is 6.93. The highest BCUT2D eigenvalue weighted by molar-refractivity contribution is 7.52. The first-order valence-corrected chi connectivity index (χ1v) is 7.56. The van der Waals surface area contributed by atoms with Gasteiger partial charge < -0.3 is 9.26 Å². The third kappa shape index (κ3) is 1.73. The van der Waals surface area contributed by atoms with Crippen molar-refractivity contribution in [2.45, 2.75) is 31.8 Å². The van der Waals surface area contributed by atoms with Crippen LogP contribution in [0.3, 0.4) is 0 Å². The Morgan fingerprint density at radius 3 is 2.29 bits per heavy atom. The van der Waals surface area contributed by atoms with Gasteiger partial charge in [-0.15, -0.1) is 0 Å². The van der Waals surface area contributed by atoms with Crippen molar-refractivity contribution in [3.05, 3.63) is 0 Å². The van der Waals surface area contributed by atoms with Crippen molar-refractivity contribution < 1.29 is 9.26 Å². The summed E-state index contributed by atoms with van der Waals surface area (Å²) in [6.07, 6.45) is 8.82. The first kappa shape index (κ1) is 9.57. The van der Waals surface area contributed by atoms with Crippen LogP contribution in [0.25, 0.3) is 0 Å². The highest BCUT2D eigenvalue weighted by Gasteiger charge is 2.41. The summed E-state index contributed by atoms with van der Waals surface area (Å²) >= 11 is 0. The second-order valence-corrected chi connectivity index (χ2v) is 6.91. The number of hydrogen-bond acceptors (Lipinski definition) is 2. The maximum Gasteiger partial charge on any atom is 0.0718 e. The molecule has 80 valence electrons. The summed E-state index contributed by atoms with van der Waals surface area (Å²) in [7, 11) is -0.0368. The zero-order valence-corrected chi connectivity index (χ0v) is 9.55. The molecule has 2 saturated heterocycles. The fourth-order valence-electron chi connectivity index (χ4n) is 3.01. The van der Waals surface area contributed by atoms with Crippen LogP contribution in [0.4, 0.5) is 0 Å². The molecule has 0 N–H and O–H groups in total. The van der Waals surface area contributed by atoms with Crippen molar-refractivity contribution in [3.63, 3.8) is 0 Å². The molecule has 0 spiro atoms. The Morgan fingerprint density at radius 2 is 1.64 bits per heavy atom. The molecule has 3 aliphatic rings. The molecule has 0 radical (unpaired) electrons. The number of ether oxygens (including phenoxy) is 1. The second kappa shape index (κ2) is 4.08. The van der Waals surface area contributed by atoms with Crippen LogP contribution >= 0.6 is 8.15 Å². The van der Waals surface area contributed by atoms with E-state index in [0.29, 0.717) is 6.10 Å². The molecule has 2 bridgehead atoms. The summed E-state index contributed by atoms with van der Waals surface area (Å²) in [4.78, 5) is 0. The van der Waals surface area contributed by atoms with E-state index in [9.17, 15) is 0 Å². The minimum Gasteiger partial charge on any atom is -0.381 e. The van der Waals surface area contributed by atoms with Gasteiger partial charge >= 0.3 is 0 Å². The van der Waals surface area contributed by atoms with Gasteiger partial charge in [0.25, 0.3) is 0 Å². The molecule has 3 heteroatoms. The summed E-state index contributed by atoms with van der Waals surface area (Å²) in [6, 6.07) is 0. The van der Waals surface area contributed by atoms with Crippen molar-refractivity contribution in [2.24, 2.45) is 11.8 Å². The van der Waals surface area contributed by atoms with Gasteiger partial charge in [0.05, 0.1) is 19.3 Å². The Balaban J connectivity index is 1.61. The van der Waals surface area contributed by atoms with E-state index in [1.807, 2.05) is 0 Å². The van der Waals surface area contributed by atoms with Crippen LogP contribution < -0.4 is 0 Å². The number of fused-ring (bicyclic) bond motifs is 2. The van der Waals surface area contributed by atoms with Crippen molar-refractivity contribution in [3.8, 4) is 0 Å². The Labute approximate surface area is 87.2 Å². The van der Waals surface area contributed by atoms with Crippen LogP contribution in [0.15, 0.2) is 0 Å². The zero-order valence-electron chi connectivity index (χ0n) is 8.65. The van der Waals surface area contributed by atoms with E-state index in [-0.39, 0.29) is 8.15 Å². The van der Waals surface area contributed by atoms with Gasteiger partial charge in [0.1, 0.15) is 0 Å². The molecule has 14 heavy (non-hydrogen) atoms. The summed E-state index contributed by atoms with van der Waals surface area (Å²) < 4.78 is 11.9. The molecule has 0 aromatic heterocycles. The van der Waals surface area contributed by atoms with Gasteiger partial charge in [0.15, 0.2) is 0 Å². The molecule has 3 rings (SSSR count). The molecule has 2 aliphatic heterocycles. The van der Waals surface area contributed by atoms with Gasteiger partial charge in [-0.3, -0.25) is 0 Å². The van der Waals surface area contributed by atoms with Crippen molar-refractivity contribution in [1.82, 2.24) is 0 Å². The normalized spacial score (nSPS) is 43.3. The molecule has 2 heterocycles. The van der Waals surface area contributed by atoms with E-state index < -0.39 is 0 Å². The standard InChI is InChI=1S/C11H19O2P/c1-2-6-14(5-1)13-11-9-3-4-10(11)8-12-7-9/h9-11H,1-8H2. The zero-order chi connectivity index (χ0) is 9.38. The molecule has 1 saturated carbocycles. The van der Waals surface area contributed by atoms with Crippen LogP contribution in [0.5, 0.6) is 0 Å². The number of hydrogen-bond donors (Lipinski definition) is 0. The van der Waals surface area contributed by atoms with Crippen LogP contribution in [0.2, 0.25) is 0 Å². The maximum absolute atomic E-state index is 6.32. The average Bonchev–Trinajstić information content (AvgIpc) is 2.75. The van der Waals surface area contributed by atoms with Gasteiger partial charge in [-0.1, -0.05) is 0 Å². The number of rotatable bonds is 2. The lowest BCUT2D eigenvalue weighted by atomic mass is 10.00. The molecule has 2 unspecified atom stereocenters. The van der Waals surface area contributed by atoms with Crippen LogP contribution in [-0.2, 0) is 9.26 Å². The minimum atomic E-state index is -0.0368. The largest absolute Gasteiger partial charge is 0.381 e. The topological polar surface area (TPSA) is 18.5 Å². The molecule has 2 nitrogen and oxygen atoms in total. The molecule has 0 aromatic rings. The van der Waals surface area contributed by atoms with Crippen LogP contribution in [0, 0.1) is 11.8 Å². The van der Waals surface area contributed by atoms with Gasteiger partial charge in [0.2, 0.25) is 0 Å². The lowest BCUT2D eigenvalue weighted by Crippen LogP contribution is -2.34. The fraction of sp³-hybridized carbons (Fsp3) is 1.00. The van der Waals surface area contributed by atoms with Crippen molar-refractivity contribution in [1.29, 1.82) is 0 Å². The van der Waals surface area contributed by atoms with E-state index in [0.717, 1.165) is 25.0 Å².